The minimum atomic E-state index is -2.64. The van der Waals surface area contributed by atoms with Crippen molar-refractivity contribution in [1.82, 2.24) is 29.5 Å². The van der Waals surface area contributed by atoms with Crippen molar-refractivity contribution in [2.45, 2.75) is 135 Å². The number of halogens is 4. The highest BCUT2D eigenvalue weighted by Gasteiger charge is 2.36. The van der Waals surface area contributed by atoms with Crippen LogP contribution in [0.1, 0.15) is 112 Å². The van der Waals surface area contributed by atoms with E-state index in [-0.39, 0.29) is 44.4 Å². The summed E-state index contributed by atoms with van der Waals surface area (Å²) in [4.78, 5) is 9.62. The Morgan fingerprint density at radius 3 is 1.82 bits per heavy atom. The van der Waals surface area contributed by atoms with Crippen LogP contribution in [0.15, 0.2) is 36.4 Å². The second-order valence-corrected chi connectivity index (χ2v) is 14.8. The van der Waals surface area contributed by atoms with E-state index in [1.807, 2.05) is 58.9 Å². The molecule has 51 heavy (non-hydrogen) atoms. The monoisotopic (exact) mass is 712 g/mol. The third kappa shape index (κ3) is 8.89. The molecule has 10 nitrogen and oxygen atoms in total. The number of hydrogen-bond donors (Lipinski definition) is 3. The van der Waals surface area contributed by atoms with Gasteiger partial charge in [-0.25, -0.2) is 36.9 Å². The molecule has 0 saturated heterocycles. The lowest BCUT2D eigenvalue weighted by Gasteiger charge is -2.30. The van der Waals surface area contributed by atoms with Gasteiger partial charge in [0.1, 0.15) is 11.6 Å². The van der Waals surface area contributed by atoms with Crippen LogP contribution in [-0.2, 0) is 16.9 Å². The van der Waals surface area contributed by atoms with Crippen molar-refractivity contribution >= 4 is 11.6 Å². The quantitative estimate of drug-likeness (QED) is 0.133. The summed E-state index contributed by atoms with van der Waals surface area (Å²) < 4.78 is 65.5. The van der Waals surface area contributed by atoms with Crippen LogP contribution < -0.4 is 10.6 Å². The Labute approximate surface area is 296 Å². The van der Waals surface area contributed by atoms with Crippen molar-refractivity contribution in [3.8, 4) is 11.6 Å². The first-order valence-corrected chi connectivity index (χ1v) is 17.7. The molecule has 2 aliphatic rings. The molecule has 3 N–H and O–H groups in total. The van der Waals surface area contributed by atoms with Gasteiger partial charge in [0.25, 0.3) is 0 Å². The molecule has 4 aromatic rings. The third-order valence-electron chi connectivity index (χ3n) is 9.89. The Hall–Kier alpha value is -4.04. The number of pyridine rings is 2. The number of aromatic nitrogens is 6. The van der Waals surface area contributed by atoms with Gasteiger partial charge in [-0.05, 0) is 115 Å². The van der Waals surface area contributed by atoms with E-state index in [0.29, 0.717) is 60.2 Å². The highest BCUT2D eigenvalue weighted by molar-refractivity contribution is 5.48. The fraction of sp³-hybridized carbons (Fsp3) is 0.568. The van der Waals surface area contributed by atoms with E-state index in [1.54, 1.807) is 28.4 Å². The van der Waals surface area contributed by atoms with Crippen molar-refractivity contribution in [3.63, 3.8) is 0 Å². The van der Waals surface area contributed by atoms with Crippen LogP contribution in [0.25, 0.3) is 11.6 Å². The maximum atomic E-state index is 13.9. The number of hydrogen-bond acceptors (Lipinski definition) is 8. The van der Waals surface area contributed by atoms with Gasteiger partial charge in [0.2, 0.25) is 11.8 Å². The average Bonchev–Trinajstić information content (AvgIpc) is 3.61. The van der Waals surface area contributed by atoms with Gasteiger partial charge in [-0.2, -0.15) is 10.2 Å². The molecule has 0 aliphatic heterocycles. The van der Waals surface area contributed by atoms with Crippen LogP contribution in [0.2, 0.25) is 0 Å². The smallest absolute Gasteiger partial charge is 0.248 e. The molecular formula is C37H48F4N8O2. The largest absolute Gasteiger partial charge is 0.389 e. The van der Waals surface area contributed by atoms with Gasteiger partial charge >= 0.3 is 0 Å². The number of alkyl halides is 4. The Morgan fingerprint density at radius 1 is 0.784 bits per heavy atom. The van der Waals surface area contributed by atoms with Crippen LogP contribution in [0.3, 0.4) is 0 Å². The van der Waals surface area contributed by atoms with Crippen LogP contribution in [-0.4, -0.2) is 58.6 Å². The molecule has 276 valence electrons. The van der Waals surface area contributed by atoms with Crippen molar-refractivity contribution < 1.29 is 27.4 Å². The second kappa shape index (κ2) is 14.2. The molecule has 4 aromatic heterocycles. The number of aryl methyl sites for hydroxylation is 3. The van der Waals surface area contributed by atoms with Crippen molar-refractivity contribution in [2.75, 3.05) is 10.6 Å². The van der Waals surface area contributed by atoms with E-state index in [1.165, 1.54) is 0 Å². The molecule has 6 rings (SSSR count). The number of rotatable bonds is 11. The molecule has 4 heterocycles. The maximum absolute atomic E-state index is 13.9. The first-order valence-electron chi connectivity index (χ1n) is 17.7. The van der Waals surface area contributed by atoms with E-state index < -0.39 is 23.6 Å². The summed E-state index contributed by atoms with van der Waals surface area (Å²) in [7, 11) is 0. The third-order valence-corrected chi connectivity index (χ3v) is 9.89. The zero-order chi connectivity index (χ0) is 36.7. The van der Waals surface area contributed by atoms with E-state index in [4.69, 9.17) is 19.8 Å². The summed E-state index contributed by atoms with van der Waals surface area (Å²) in [5, 5.41) is 26.6. The lowest BCUT2D eigenvalue weighted by molar-refractivity contribution is -0.0367. The predicted molar refractivity (Wildman–Crippen MR) is 187 cm³/mol. The first-order chi connectivity index (χ1) is 23.9. The lowest BCUT2D eigenvalue weighted by atomic mass is 9.92. The minimum absolute atomic E-state index is 0.134. The number of nitrogens with one attached hydrogen (secondary N) is 2. The van der Waals surface area contributed by atoms with E-state index >= 15 is 0 Å². The number of aliphatic hydroxyl groups excluding tert-OH is 1. The Balaban J connectivity index is 1.26. The molecule has 14 heteroatoms. The van der Waals surface area contributed by atoms with E-state index in [0.717, 1.165) is 22.6 Å². The van der Waals surface area contributed by atoms with Crippen LogP contribution in [0.5, 0.6) is 0 Å². The fourth-order valence-corrected chi connectivity index (χ4v) is 6.85. The van der Waals surface area contributed by atoms with Crippen molar-refractivity contribution in [2.24, 2.45) is 0 Å². The molecule has 0 bridgehead atoms. The number of ether oxygens (including phenoxy) is 1. The molecule has 0 aromatic carbocycles. The van der Waals surface area contributed by atoms with Gasteiger partial charge in [-0.3, -0.25) is 0 Å². The summed E-state index contributed by atoms with van der Waals surface area (Å²) in [5.74, 6) is -3.19. The van der Waals surface area contributed by atoms with Crippen LogP contribution in [0.4, 0.5) is 29.2 Å². The molecule has 0 amide bonds. The maximum Gasteiger partial charge on any atom is 0.248 e. The minimum Gasteiger partial charge on any atom is -0.389 e. The topological polar surface area (TPSA) is 115 Å². The zero-order valence-electron chi connectivity index (χ0n) is 30.1. The molecule has 1 unspecified atom stereocenters. The number of anilines is 2. The summed E-state index contributed by atoms with van der Waals surface area (Å²) >= 11 is 0. The molecular weight excluding hydrogens is 664 g/mol. The SMILES string of the molecule is Cc1cc(C)n(-c2cc(C(C)(C)OCc3cc(C)nn3-c3cc(C(C)O)cc(NC4CCC(F)(F)CC4)n3)cc(NC3CCC(F)(F)CC3)n2)n1. The standard InChI is InChI=1S/C37H48F4N8O2/c1-22-15-24(3)48(46-22)34-20-27(19-32(45-34)43-29-9-13-37(40,41)14-10-29)35(5,6)51-21-30-16-23(2)47-49(30)33-18-26(25(4)50)17-31(44-33)42-28-7-11-36(38,39)12-8-28/h15-20,25,28-29,50H,7-14,21H2,1-6H3,(H,42,44)(H,43,45). The number of nitrogens with zero attached hydrogens (tertiary/aromatic N) is 6. The summed E-state index contributed by atoms with van der Waals surface area (Å²) in [5.41, 5.74) is 3.77. The van der Waals surface area contributed by atoms with Crippen LogP contribution >= 0.6 is 0 Å². The van der Waals surface area contributed by atoms with Gasteiger partial charge in [0.15, 0.2) is 11.6 Å². The van der Waals surface area contributed by atoms with Gasteiger partial charge in [0, 0.05) is 43.5 Å². The fourth-order valence-electron chi connectivity index (χ4n) is 6.85. The van der Waals surface area contributed by atoms with Gasteiger partial charge in [-0.15, -0.1) is 0 Å². The highest BCUT2D eigenvalue weighted by Crippen LogP contribution is 2.37. The number of aliphatic hydroxyl groups is 1. The first kappa shape index (κ1) is 36.7. The van der Waals surface area contributed by atoms with E-state index in [2.05, 4.69) is 15.7 Å². The molecule has 2 fully saturated rings. The Bertz CT molecular complexity index is 1830. The summed E-state index contributed by atoms with van der Waals surface area (Å²) in [6, 6.07) is 10.9. The molecule has 0 spiro atoms. The molecule has 0 radical (unpaired) electrons. The zero-order valence-corrected chi connectivity index (χ0v) is 30.1. The Kier molecular flexibility index (Phi) is 10.2. The lowest BCUT2D eigenvalue weighted by Crippen LogP contribution is -2.32. The molecule has 2 saturated carbocycles. The van der Waals surface area contributed by atoms with E-state index in [9.17, 15) is 22.7 Å². The van der Waals surface area contributed by atoms with Gasteiger partial charge in [0.05, 0.1) is 35.4 Å². The van der Waals surface area contributed by atoms with Gasteiger partial charge in [-0.1, -0.05) is 0 Å². The summed E-state index contributed by atoms with van der Waals surface area (Å²) in [6.45, 7) is 11.4. The van der Waals surface area contributed by atoms with Crippen molar-refractivity contribution in [1.29, 1.82) is 0 Å². The Morgan fingerprint density at radius 2 is 1.29 bits per heavy atom. The highest BCUT2D eigenvalue weighted by atomic mass is 19.3. The normalized spacial score (nSPS) is 18.9. The summed E-state index contributed by atoms with van der Waals surface area (Å²) in [6.07, 6.45) is -0.157. The second-order valence-electron chi connectivity index (χ2n) is 14.8. The molecule has 1 atom stereocenters. The van der Waals surface area contributed by atoms with Gasteiger partial charge < -0.3 is 20.5 Å². The van der Waals surface area contributed by atoms with Crippen LogP contribution in [0, 0.1) is 20.8 Å². The molecule has 2 aliphatic carbocycles. The van der Waals surface area contributed by atoms with Crippen molar-refractivity contribution in [3.05, 3.63) is 70.3 Å². The predicted octanol–water partition coefficient (Wildman–Crippen LogP) is 8.26. The average molecular weight is 713 g/mol.